The summed E-state index contributed by atoms with van der Waals surface area (Å²) in [5.74, 6) is -1.13. The van der Waals surface area contributed by atoms with Gasteiger partial charge in [0, 0.05) is 11.5 Å². The van der Waals surface area contributed by atoms with Crippen LogP contribution in [0.3, 0.4) is 0 Å². The molecule has 10 nitrogen and oxygen atoms in total. The van der Waals surface area contributed by atoms with Crippen molar-refractivity contribution in [3.63, 3.8) is 0 Å². The Labute approximate surface area is 171 Å². The summed E-state index contributed by atoms with van der Waals surface area (Å²) in [4.78, 5) is 39.0. The van der Waals surface area contributed by atoms with Crippen molar-refractivity contribution in [2.75, 3.05) is 13.2 Å². The molecular formula is C19H22N3O7P. The van der Waals surface area contributed by atoms with Gasteiger partial charge in [0.25, 0.3) is 5.69 Å². The zero-order valence-corrected chi connectivity index (χ0v) is 17.7. The Hall–Kier alpha value is -2.81. The van der Waals surface area contributed by atoms with Gasteiger partial charge in [0.05, 0.1) is 34.6 Å². The van der Waals surface area contributed by atoms with Gasteiger partial charge in [0.2, 0.25) is 0 Å². The van der Waals surface area contributed by atoms with Gasteiger partial charge in [0.1, 0.15) is 5.78 Å². The molecule has 11 heteroatoms. The van der Waals surface area contributed by atoms with Gasteiger partial charge >= 0.3 is 18.7 Å². The minimum Gasteiger partial charge on any atom is -0.315 e. The average molecular weight is 435 g/mol. The monoisotopic (exact) mass is 435 g/mol. The highest BCUT2D eigenvalue weighted by molar-refractivity contribution is 7.54. The number of aromatic amines is 1. The second-order valence-corrected chi connectivity index (χ2v) is 8.68. The predicted molar refractivity (Wildman–Crippen MR) is 113 cm³/mol. The first-order valence-corrected chi connectivity index (χ1v) is 11.1. The fourth-order valence-corrected chi connectivity index (χ4v) is 5.71. The van der Waals surface area contributed by atoms with Crippen LogP contribution in [0.15, 0.2) is 39.9 Å². The average Bonchev–Trinajstić information content (AvgIpc) is 2.71. The van der Waals surface area contributed by atoms with Crippen LogP contribution in [0.2, 0.25) is 0 Å². The van der Waals surface area contributed by atoms with E-state index in [1.54, 1.807) is 45.0 Å². The molecule has 1 aromatic heterocycles. The van der Waals surface area contributed by atoms with Crippen LogP contribution in [-0.4, -0.2) is 27.7 Å². The number of benzene rings is 2. The largest absolute Gasteiger partial charge is 0.353 e. The molecule has 0 saturated carbocycles. The van der Waals surface area contributed by atoms with Crippen molar-refractivity contribution in [1.29, 1.82) is 0 Å². The molecule has 0 radical (unpaired) electrons. The van der Waals surface area contributed by atoms with Crippen molar-refractivity contribution in [2.24, 2.45) is 0 Å². The van der Waals surface area contributed by atoms with Crippen molar-refractivity contribution < 1.29 is 18.5 Å². The molecule has 3 aromatic rings. The Morgan fingerprint density at radius 2 is 1.73 bits per heavy atom. The van der Waals surface area contributed by atoms with E-state index in [0.29, 0.717) is 10.8 Å². The van der Waals surface area contributed by atoms with E-state index in [1.165, 1.54) is 6.07 Å². The molecule has 0 spiro atoms. The summed E-state index contributed by atoms with van der Waals surface area (Å²) in [7, 11) is -3.86. The lowest BCUT2D eigenvalue weighted by Gasteiger charge is -2.27. The lowest BCUT2D eigenvalue weighted by Crippen LogP contribution is -2.38. The van der Waals surface area contributed by atoms with Crippen LogP contribution in [0, 0.1) is 10.1 Å². The highest BCUT2D eigenvalue weighted by Crippen LogP contribution is 2.60. The van der Waals surface area contributed by atoms with Crippen LogP contribution in [0.25, 0.3) is 21.8 Å². The highest BCUT2D eigenvalue weighted by atomic mass is 31.2. The zero-order chi connectivity index (χ0) is 22.1. The first kappa shape index (κ1) is 21.9. The molecule has 0 aliphatic heterocycles. The van der Waals surface area contributed by atoms with Crippen LogP contribution >= 0.6 is 7.60 Å². The molecule has 1 heterocycles. The van der Waals surface area contributed by atoms with E-state index in [4.69, 9.17) is 9.05 Å². The normalized spacial score (nSPS) is 13.0. The molecule has 1 unspecified atom stereocenters. The number of fused-ring (bicyclic) bond motifs is 3. The van der Waals surface area contributed by atoms with E-state index in [2.05, 4.69) is 4.98 Å². The SMILES string of the molecule is CCOP(=O)(OCC)C(CC)n1c(=O)c(=O)[nH]c2c3ccccc3c([N+](=O)[O-])cc21. The molecular weight excluding hydrogens is 413 g/mol. The van der Waals surface area contributed by atoms with Crippen LogP contribution in [0.1, 0.15) is 33.0 Å². The smallest absolute Gasteiger partial charge is 0.315 e. The second kappa shape index (κ2) is 8.51. The van der Waals surface area contributed by atoms with Gasteiger partial charge in [-0.1, -0.05) is 25.1 Å². The van der Waals surface area contributed by atoms with Crippen LogP contribution < -0.4 is 11.1 Å². The van der Waals surface area contributed by atoms with Crippen molar-refractivity contribution in [1.82, 2.24) is 9.55 Å². The minimum atomic E-state index is -3.86. The lowest BCUT2D eigenvalue weighted by molar-refractivity contribution is -0.383. The Morgan fingerprint density at radius 3 is 2.27 bits per heavy atom. The van der Waals surface area contributed by atoms with Gasteiger partial charge in [-0.05, 0) is 26.3 Å². The van der Waals surface area contributed by atoms with Crippen LogP contribution in [-0.2, 0) is 13.6 Å². The van der Waals surface area contributed by atoms with Crippen molar-refractivity contribution in [3.05, 3.63) is 61.2 Å². The molecule has 0 bridgehead atoms. The summed E-state index contributed by atoms with van der Waals surface area (Å²) in [5, 5.41) is 12.4. The van der Waals surface area contributed by atoms with E-state index < -0.39 is 29.4 Å². The number of nitro benzene ring substituents is 1. The first-order chi connectivity index (χ1) is 14.3. The molecule has 160 valence electrons. The maximum Gasteiger partial charge on any atom is 0.353 e. The van der Waals surface area contributed by atoms with Crippen molar-refractivity contribution in [3.8, 4) is 0 Å². The van der Waals surface area contributed by atoms with Gasteiger partial charge in [-0.15, -0.1) is 0 Å². The van der Waals surface area contributed by atoms with Gasteiger partial charge in [-0.3, -0.25) is 28.8 Å². The number of hydrogen-bond acceptors (Lipinski definition) is 7. The Morgan fingerprint density at radius 1 is 1.13 bits per heavy atom. The highest BCUT2D eigenvalue weighted by Gasteiger charge is 2.38. The maximum atomic E-state index is 13.5. The van der Waals surface area contributed by atoms with Gasteiger partial charge in [0.15, 0.2) is 0 Å². The van der Waals surface area contributed by atoms with Crippen LogP contribution in [0.4, 0.5) is 5.69 Å². The maximum absolute atomic E-state index is 13.5. The van der Waals surface area contributed by atoms with E-state index in [9.17, 15) is 24.3 Å². The summed E-state index contributed by atoms with van der Waals surface area (Å²) in [6.07, 6.45) is 0.135. The molecule has 0 aliphatic carbocycles. The van der Waals surface area contributed by atoms with E-state index in [0.717, 1.165) is 4.57 Å². The van der Waals surface area contributed by atoms with E-state index in [1.807, 2.05) is 0 Å². The number of nitro groups is 1. The predicted octanol–water partition coefficient (Wildman–Crippen LogP) is 3.93. The molecule has 30 heavy (non-hydrogen) atoms. The summed E-state index contributed by atoms with van der Waals surface area (Å²) in [5.41, 5.74) is -1.84. The molecule has 2 aromatic carbocycles. The number of hydrogen-bond donors (Lipinski definition) is 1. The number of non-ortho nitro benzene ring substituents is 1. The van der Waals surface area contributed by atoms with Gasteiger partial charge in [-0.2, -0.15) is 0 Å². The fraction of sp³-hybridized carbons (Fsp3) is 0.368. The standard InChI is InChI=1S/C19H22N3O7P/c1-4-16(30(27,28-5-2)29-6-3)21-15-11-14(22(25)26)12-9-7-8-10-13(12)17(15)20-18(23)19(21)24/h7-11,16H,4-6H2,1-3H3,(H,20,23). The quantitative estimate of drug-likeness (QED) is 0.186. The minimum absolute atomic E-state index is 0.0622. The summed E-state index contributed by atoms with van der Waals surface area (Å²) in [6, 6.07) is 7.69. The molecule has 0 amide bonds. The van der Waals surface area contributed by atoms with E-state index in [-0.39, 0.29) is 36.4 Å². The fourth-order valence-electron chi connectivity index (χ4n) is 3.61. The third-order valence-corrected chi connectivity index (χ3v) is 7.32. The molecule has 0 saturated heterocycles. The van der Waals surface area contributed by atoms with Crippen molar-refractivity contribution in [2.45, 2.75) is 33.0 Å². The van der Waals surface area contributed by atoms with Crippen molar-refractivity contribution >= 4 is 35.1 Å². The molecule has 1 atom stereocenters. The third-order valence-electron chi connectivity index (χ3n) is 4.76. The summed E-state index contributed by atoms with van der Waals surface area (Å²) < 4.78 is 25.3. The summed E-state index contributed by atoms with van der Waals surface area (Å²) in [6.45, 7) is 5.06. The number of aromatic nitrogens is 2. The topological polar surface area (TPSA) is 134 Å². The van der Waals surface area contributed by atoms with Gasteiger partial charge < -0.3 is 14.0 Å². The molecule has 1 N–H and O–H groups in total. The Bertz CT molecular complexity index is 1270. The third kappa shape index (κ3) is 3.58. The zero-order valence-electron chi connectivity index (χ0n) is 16.8. The number of rotatable bonds is 8. The summed E-state index contributed by atoms with van der Waals surface area (Å²) >= 11 is 0. The second-order valence-electron chi connectivity index (χ2n) is 6.49. The number of nitrogens with zero attached hydrogens (tertiary/aromatic N) is 2. The molecule has 3 rings (SSSR count). The molecule has 0 fully saturated rings. The number of H-pyrrole nitrogens is 1. The first-order valence-electron chi connectivity index (χ1n) is 9.52. The van der Waals surface area contributed by atoms with E-state index >= 15 is 0 Å². The Balaban J connectivity index is 2.51. The number of nitrogens with one attached hydrogen (secondary N) is 1. The lowest BCUT2D eigenvalue weighted by atomic mass is 10.1. The Kier molecular flexibility index (Phi) is 6.21. The molecule has 0 aliphatic rings. The van der Waals surface area contributed by atoms with Crippen LogP contribution in [0.5, 0.6) is 0 Å². The van der Waals surface area contributed by atoms with Gasteiger partial charge in [-0.25, -0.2) is 0 Å².